The van der Waals surface area contributed by atoms with Crippen molar-refractivity contribution < 1.29 is 29.1 Å². The average molecular weight is 656 g/mol. The zero-order chi connectivity index (χ0) is 34.2. The number of para-hydroxylation sites is 2. The van der Waals surface area contributed by atoms with E-state index in [9.17, 15) is 29.1 Å². The van der Waals surface area contributed by atoms with E-state index < -0.39 is 53.8 Å². The van der Waals surface area contributed by atoms with Crippen LogP contribution in [-0.4, -0.2) is 78.8 Å². The Balaban J connectivity index is 1.39. The largest absolute Gasteiger partial charge is 0.480 e. The van der Waals surface area contributed by atoms with Crippen molar-refractivity contribution in [2.45, 2.75) is 56.3 Å². The van der Waals surface area contributed by atoms with E-state index in [1.54, 1.807) is 12.4 Å². The van der Waals surface area contributed by atoms with Crippen molar-refractivity contribution in [3.8, 4) is 0 Å². The number of imidazole rings is 1. The number of H-pyrrole nitrogens is 3. The van der Waals surface area contributed by atoms with Crippen LogP contribution < -0.4 is 27.4 Å². The molecule has 0 spiro atoms. The lowest BCUT2D eigenvalue weighted by Gasteiger charge is -2.25. The maximum Gasteiger partial charge on any atom is 0.326 e. The number of rotatable bonds is 16. The van der Waals surface area contributed by atoms with Crippen LogP contribution in [0.1, 0.15) is 29.7 Å². The van der Waals surface area contributed by atoms with Gasteiger partial charge in [-0.3, -0.25) is 19.2 Å². The summed E-state index contributed by atoms with van der Waals surface area (Å²) in [6, 6.07) is 9.94. The molecule has 15 nitrogen and oxygen atoms in total. The molecule has 0 fully saturated rings. The van der Waals surface area contributed by atoms with Crippen LogP contribution in [0.4, 0.5) is 0 Å². The highest BCUT2D eigenvalue weighted by atomic mass is 16.4. The molecule has 0 aliphatic rings. The molecule has 3 heterocycles. The summed E-state index contributed by atoms with van der Waals surface area (Å²) in [4.78, 5) is 77.4. The Labute approximate surface area is 274 Å². The zero-order valence-corrected chi connectivity index (χ0v) is 25.9. The van der Waals surface area contributed by atoms with E-state index in [2.05, 4.69) is 35.9 Å². The second-order valence-corrected chi connectivity index (χ2v) is 11.5. The fraction of sp³-hybridized carbons (Fsp3) is 0.273. The number of carboxylic acid groups (broad SMARTS) is 1. The zero-order valence-electron chi connectivity index (χ0n) is 25.9. The smallest absolute Gasteiger partial charge is 0.326 e. The summed E-state index contributed by atoms with van der Waals surface area (Å²) in [5.41, 5.74) is 14.7. The van der Waals surface area contributed by atoms with Crippen molar-refractivity contribution in [1.82, 2.24) is 35.9 Å². The first-order valence-electron chi connectivity index (χ1n) is 15.3. The number of fused-ring (bicyclic) bond motifs is 2. The molecule has 11 N–H and O–H groups in total. The van der Waals surface area contributed by atoms with Crippen LogP contribution in [0, 0.1) is 0 Å². The number of amides is 4. The highest BCUT2D eigenvalue weighted by molar-refractivity contribution is 5.95. The summed E-state index contributed by atoms with van der Waals surface area (Å²) >= 11 is 0. The van der Waals surface area contributed by atoms with Gasteiger partial charge in [0.2, 0.25) is 23.6 Å². The second-order valence-electron chi connectivity index (χ2n) is 11.5. The number of carboxylic acids is 1. The average Bonchev–Trinajstić information content (AvgIpc) is 3.83. The van der Waals surface area contributed by atoms with Crippen LogP contribution in [0.2, 0.25) is 0 Å². The summed E-state index contributed by atoms with van der Waals surface area (Å²) in [5.74, 6) is -4.02. The van der Waals surface area contributed by atoms with Gasteiger partial charge >= 0.3 is 5.97 Å². The van der Waals surface area contributed by atoms with E-state index in [1.807, 2.05) is 48.5 Å². The van der Waals surface area contributed by atoms with Gasteiger partial charge in [0.05, 0.1) is 12.4 Å². The van der Waals surface area contributed by atoms with Crippen LogP contribution in [0.25, 0.3) is 21.8 Å². The van der Waals surface area contributed by atoms with Gasteiger partial charge in [0.25, 0.3) is 0 Å². The normalized spacial score (nSPS) is 13.8. The van der Waals surface area contributed by atoms with Crippen LogP contribution in [-0.2, 0) is 43.2 Å². The van der Waals surface area contributed by atoms with E-state index in [4.69, 9.17) is 11.5 Å². The lowest BCUT2D eigenvalue weighted by molar-refractivity contribution is -0.142. The highest BCUT2D eigenvalue weighted by Gasteiger charge is 2.32. The molecule has 48 heavy (non-hydrogen) atoms. The third-order valence-electron chi connectivity index (χ3n) is 8.10. The summed E-state index contributed by atoms with van der Waals surface area (Å²) < 4.78 is 0. The Bertz CT molecular complexity index is 1910. The van der Waals surface area contributed by atoms with Crippen LogP contribution >= 0.6 is 0 Å². The van der Waals surface area contributed by atoms with Crippen molar-refractivity contribution in [3.05, 3.63) is 90.3 Å². The SMILES string of the molecule is NC(=O)CCC(N)C(=O)NC(Cc1cnc[nH]1)C(=O)NC(Cc1c[nH]c2ccccc12)C(=O)NC(Cc1c[nH]c2ccccc12)C(=O)O. The summed E-state index contributed by atoms with van der Waals surface area (Å²) in [6.07, 6.45) is 6.13. The van der Waals surface area contributed by atoms with Gasteiger partial charge in [-0.2, -0.15) is 0 Å². The number of nitrogens with two attached hydrogens (primary N) is 2. The maximum atomic E-state index is 13.9. The third kappa shape index (κ3) is 8.24. The minimum Gasteiger partial charge on any atom is -0.480 e. The lowest BCUT2D eigenvalue weighted by Crippen LogP contribution is -2.58. The number of aromatic nitrogens is 4. The Morgan fingerprint density at radius 2 is 1.25 bits per heavy atom. The summed E-state index contributed by atoms with van der Waals surface area (Å²) in [6.45, 7) is 0. The molecule has 3 aromatic heterocycles. The molecule has 0 aliphatic carbocycles. The minimum atomic E-state index is -1.32. The Morgan fingerprint density at radius 3 is 1.79 bits per heavy atom. The van der Waals surface area contributed by atoms with Gasteiger partial charge in [-0.05, 0) is 29.7 Å². The molecular weight excluding hydrogens is 618 g/mol. The highest BCUT2D eigenvalue weighted by Crippen LogP contribution is 2.21. The van der Waals surface area contributed by atoms with Crippen LogP contribution in [0.5, 0.6) is 0 Å². The first kappa shape index (κ1) is 33.4. The molecule has 4 amide bonds. The van der Waals surface area contributed by atoms with Gasteiger partial charge in [-0.1, -0.05) is 36.4 Å². The number of benzene rings is 2. The van der Waals surface area contributed by atoms with Crippen molar-refractivity contribution in [1.29, 1.82) is 0 Å². The molecule has 250 valence electrons. The monoisotopic (exact) mass is 655 g/mol. The number of hydrogen-bond acceptors (Lipinski definition) is 7. The Morgan fingerprint density at radius 1 is 0.729 bits per heavy atom. The van der Waals surface area contributed by atoms with Crippen molar-refractivity contribution in [2.24, 2.45) is 11.5 Å². The molecule has 15 heteroatoms. The number of carbonyl (C=O) groups is 5. The number of aliphatic carboxylic acids is 1. The number of nitrogens with zero attached hydrogens (tertiary/aromatic N) is 1. The predicted molar refractivity (Wildman–Crippen MR) is 176 cm³/mol. The molecule has 4 atom stereocenters. The molecule has 5 aromatic rings. The molecule has 5 rings (SSSR count). The van der Waals surface area contributed by atoms with E-state index in [0.717, 1.165) is 21.8 Å². The number of aromatic amines is 3. The first-order valence-corrected chi connectivity index (χ1v) is 15.3. The van der Waals surface area contributed by atoms with E-state index in [1.165, 1.54) is 12.5 Å². The number of hydrogen-bond donors (Lipinski definition) is 9. The molecule has 0 saturated heterocycles. The molecule has 4 unspecified atom stereocenters. The van der Waals surface area contributed by atoms with Gasteiger partial charge in [0, 0.05) is 71.8 Å². The minimum absolute atomic E-state index is 0.00383. The van der Waals surface area contributed by atoms with Gasteiger partial charge in [0.15, 0.2) is 0 Å². The number of carbonyl (C=O) groups excluding carboxylic acids is 4. The number of primary amides is 1. The fourth-order valence-electron chi connectivity index (χ4n) is 5.53. The van der Waals surface area contributed by atoms with Crippen LogP contribution in [0.3, 0.4) is 0 Å². The second kappa shape index (κ2) is 15.1. The standard InChI is InChI=1S/C33H37N9O6/c34-23(9-10-29(35)43)30(44)40-27(13-20-16-36-17-39-20)32(46)41-26(11-18-14-37-24-7-3-1-5-21(18)24)31(45)42-28(33(47)48)12-19-15-38-25-8-4-2-6-22(19)25/h1-8,14-17,23,26-28,37-38H,9-13,34H2,(H2,35,43)(H,36,39)(H,40,44)(H,41,46)(H,42,45)(H,47,48). The van der Waals surface area contributed by atoms with E-state index in [0.29, 0.717) is 16.8 Å². The van der Waals surface area contributed by atoms with E-state index in [-0.39, 0.29) is 32.1 Å². The maximum absolute atomic E-state index is 13.9. The Kier molecular flexibility index (Phi) is 10.5. The number of nitrogens with one attached hydrogen (secondary N) is 6. The van der Waals surface area contributed by atoms with Gasteiger partial charge in [0.1, 0.15) is 18.1 Å². The van der Waals surface area contributed by atoms with Crippen LogP contribution in [0.15, 0.2) is 73.4 Å². The van der Waals surface area contributed by atoms with E-state index >= 15 is 0 Å². The molecular formula is C33H37N9O6. The molecule has 2 aromatic carbocycles. The van der Waals surface area contributed by atoms with Gasteiger partial charge < -0.3 is 47.5 Å². The molecule has 0 radical (unpaired) electrons. The van der Waals surface area contributed by atoms with Crippen molar-refractivity contribution in [2.75, 3.05) is 0 Å². The molecule has 0 aliphatic heterocycles. The summed E-state index contributed by atoms with van der Waals surface area (Å²) in [5, 5.41) is 19.7. The topological polar surface area (TPSA) is 254 Å². The quantitative estimate of drug-likeness (QED) is 0.0723. The third-order valence-corrected chi connectivity index (χ3v) is 8.10. The van der Waals surface area contributed by atoms with Crippen molar-refractivity contribution >= 4 is 51.4 Å². The molecule has 0 bridgehead atoms. The lowest BCUT2D eigenvalue weighted by atomic mass is 10.0. The van der Waals surface area contributed by atoms with Crippen molar-refractivity contribution in [3.63, 3.8) is 0 Å². The predicted octanol–water partition coefficient (Wildman–Crippen LogP) is 0.532. The summed E-state index contributed by atoms with van der Waals surface area (Å²) in [7, 11) is 0. The Hall–Kier alpha value is -5.96. The van der Waals surface area contributed by atoms with Gasteiger partial charge in [-0.15, -0.1) is 0 Å². The van der Waals surface area contributed by atoms with Gasteiger partial charge in [-0.25, -0.2) is 9.78 Å². The fourth-order valence-corrected chi connectivity index (χ4v) is 5.53. The molecule has 0 saturated carbocycles. The first-order chi connectivity index (χ1) is 23.1.